The van der Waals surface area contributed by atoms with Gasteiger partial charge < -0.3 is 15.4 Å². The van der Waals surface area contributed by atoms with E-state index in [1.165, 1.54) is 0 Å². The lowest BCUT2D eigenvalue weighted by molar-refractivity contribution is -0.138. The summed E-state index contributed by atoms with van der Waals surface area (Å²) in [4.78, 5) is 23.2. The van der Waals surface area contributed by atoms with E-state index in [0.717, 1.165) is 5.56 Å². The molecule has 6 nitrogen and oxygen atoms in total. The normalized spacial score (nSPS) is 16.3. The molecule has 0 fully saturated rings. The lowest BCUT2D eigenvalue weighted by atomic mass is 9.81. The maximum atomic E-state index is 12.8. The number of hydrogen-bond acceptors (Lipinski definition) is 6. The molecule has 1 atom stereocenters. The third-order valence-electron chi connectivity index (χ3n) is 4.16. The molecule has 28 heavy (non-hydrogen) atoms. The molecule has 1 heterocycles. The molecular formula is C20H22ClN3O3S. The molecule has 1 unspecified atom stereocenters. The smallest absolute Gasteiger partial charge is 0.336 e. The van der Waals surface area contributed by atoms with Crippen molar-refractivity contribution in [2.75, 3.05) is 24.7 Å². The molecule has 148 valence electrons. The van der Waals surface area contributed by atoms with Gasteiger partial charge in [0.05, 0.1) is 29.7 Å². The molecule has 1 amide bonds. The van der Waals surface area contributed by atoms with Crippen molar-refractivity contribution in [1.29, 1.82) is 5.26 Å². The molecule has 8 heteroatoms. The number of hydrogen-bond donors (Lipinski definition) is 2. The molecule has 1 aromatic carbocycles. The van der Waals surface area contributed by atoms with Crippen molar-refractivity contribution in [2.24, 2.45) is 0 Å². The van der Waals surface area contributed by atoms with Crippen molar-refractivity contribution in [2.45, 2.75) is 19.8 Å². The number of benzene rings is 1. The fourth-order valence-electron chi connectivity index (χ4n) is 2.99. The van der Waals surface area contributed by atoms with Gasteiger partial charge in [-0.1, -0.05) is 23.7 Å². The van der Waals surface area contributed by atoms with Crippen LogP contribution in [0.2, 0.25) is 5.02 Å². The second-order valence-electron chi connectivity index (χ2n) is 6.00. The van der Waals surface area contributed by atoms with E-state index < -0.39 is 11.9 Å². The zero-order valence-corrected chi connectivity index (χ0v) is 17.3. The molecule has 0 radical (unpaired) electrons. The Hall–Kier alpha value is -2.43. The number of nitrogens with zero attached hydrogens (tertiary/aromatic N) is 1. The Morgan fingerprint density at radius 2 is 2.29 bits per heavy atom. The molecular weight excluding hydrogens is 398 g/mol. The zero-order valence-electron chi connectivity index (χ0n) is 15.8. The molecule has 1 aliphatic rings. The second kappa shape index (κ2) is 10.8. The Labute approximate surface area is 174 Å². The Morgan fingerprint density at radius 1 is 1.50 bits per heavy atom. The zero-order chi connectivity index (χ0) is 20.5. The Balaban J connectivity index is 2.46. The number of ether oxygens (including phenoxy) is 1. The summed E-state index contributed by atoms with van der Waals surface area (Å²) in [5, 5.41) is 16.1. The summed E-state index contributed by atoms with van der Waals surface area (Å²) in [6, 6.07) is 9.39. The second-order valence-corrected chi connectivity index (χ2v) is 7.54. The van der Waals surface area contributed by atoms with Gasteiger partial charge in [-0.2, -0.15) is 17.0 Å². The van der Waals surface area contributed by atoms with Crippen LogP contribution in [-0.2, 0) is 14.3 Å². The number of allylic oxidation sites excluding steroid dienone is 2. The summed E-state index contributed by atoms with van der Waals surface area (Å²) < 4.78 is 5.30. The van der Waals surface area contributed by atoms with Crippen LogP contribution in [0.25, 0.3) is 0 Å². The van der Waals surface area contributed by atoms with Gasteiger partial charge in [0.15, 0.2) is 0 Å². The molecule has 2 rings (SSSR count). The van der Waals surface area contributed by atoms with E-state index in [4.69, 9.17) is 16.3 Å². The van der Waals surface area contributed by atoms with Crippen LogP contribution in [0.4, 0.5) is 0 Å². The van der Waals surface area contributed by atoms with Crippen molar-refractivity contribution in [3.05, 3.63) is 57.4 Å². The molecule has 0 bridgehead atoms. The Bertz CT molecular complexity index is 845. The fraction of sp³-hybridized carbons (Fsp3) is 0.350. The summed E-state index contributed by atoms with van der Waals surface area (Å²) in [5.74, 6) is 0.201. The van der Waals surface area contributed by atoms with E-state index >= 15 is 0 Å². The minimum Gasteiger partial charge on any atom is -0.463 e. The van der Waals surface area contributed by atoms with Crippen LogP contribution >= 0.6 is 23.4 Å². The van der Waals surface area contributed by atoms with Crippen molar-refractivity contribution >= 4 is 35.7 Å². The van der Waals surface area contributed by atoms with Gasteiger partial charge in [0.25, 0.3) is 0 Å². The molecule has 0 aromatic heterocycles. The number of carbonyl (C=O) groups is 2. The van der Waals surface area contributed by atoms with Gasteiger partial charge in [0.1, 0.15) is 0 Å². The summed E-state index contributed by atoms with van der Waals surface area (Å²) in [5.41, 5.74) is 3.04. The fourth-order valence-corrected chi connectivity index (χ4v) is 4.03. The molecule has 1 aromatic rings. The van der Waals surface area contributed by atoms with Gasteiger partial charge in [0.2, 0.25) is 6.41 Å². The molecule has 0 saturated heterocycles. The van der Waals surface area contributed by atoms with Crippen LogP contribution in [-0.4, -0.2) is 37.0 Å². The standard InChI is InChI=1S/C20H22ClN3O3S/c1-3-27-20(26)19-17(11-28-8-7-23-12-25)24-13(2)16(10-22)18(19)14-5-4-6-15(21)9-14/h4-6,9,12,18,24H,3,7-8,11H2,1-2H3,(H,23,25). The summed E-state index contributed by atoms with van der Waals surface area (Å²) in [6.07, 6.45) is 0.657. The number of amides is 1. The van der Waals surface area contributed by atoms with Crippen molar-refractivity contribution < 1.29 is 14.3 Å². The van der Waals surface area contributed by atoms with Crippen LogP contribution in [0.1, 0.15) is 25.3 Å². The first-order valence-electron chi connectivity index (χ1n) is 8.81. The van der Waals surface area contributed by atoms with Crippen LogP contribution in [0, 0.1) is 11.3 Å². The average molecular weight is 420 g/mol. The number of thioether (sulfide) groups is 1. The van der Waals surface area contributed by atoms with Gasteiger partial charge in [-0.3, -0.25) is 4.79 Å². The lowest BCUT2D eigenvalue weighted by Gasteiger charge is -2.30. The maximum absolute atomic E-state index is 12.8. The van der Waals surface area contributed by atoms with Crippen molar-refractivity contribution in [3.63, 3.8) is 0 Å². The average Bonchev–Trinajstić information content (AvgIpc) is 2.67. The monoisotopic (exact) mass is 419 g/mol. The molecule has 0 saturated carbocycles. The lowest BCUT2D eigenvalue weighted by Crippen LogP contribution is -2.31. The Kier molecular flexibility index (Phi) is 8.42. The SMILES string of the molecule is CCOC(=O)C1=C(CSCCNC=O)NC(C)=C(C#N)C1c1cccc(Cl)c1. The van der Waals surface area contributed by atoms with E-state index in [2.05, 4.69) is 16.7 Å². The summed E-state index contributed by atoms with van der Waals surface area (Å²) in [6.45, 7) is 4.33. The first kappa shape index (κ1) is 21.9. The predicted molar refractivity (Wildman–Crippen MR) is 111 cm³/mol. The first-order chi connectivity index (χ1) is 13.5. The van der Waals surface area contributed by atoms with E-state index in [-0.39, 0.29) is 6.61 Å². The quantitative estimate of drug-likeness (QED) is 0.363. The predicted octanol–water partition coefficient (Wildman–Crippen LogP) is 3.12. The van der Waals surface area contributed by atoms with Crippen LogP contribution in [0.5, 0.6) is 0 Å². The topological polar surface area (TPSA) is 91.2 Å². The van der Waals surface area contributed by atoms with Gasteiger partial charge in [-0.25, -0.2) is 4.79 Å². The molecule has 1 aliphatic heterocycles. The minimum absolute atomic E-state index is 0.235. The summed E-state index contributed by atoms with van der Waals surface area (Å²) >= 11 is 7.73. The van der Waals surface area contributed by atoms with E-state index in [1.54, 1.807) is 36.9 Å². The molecule has 0 aliphatic carbocycles. The minimum atomic E-state index is -0.548. The number of halogens is 1. The number of nitriles is 1. The number of dihydropyridines is 1. The summed E-state index contributed by atoms with van der Waals surface area (Å²) in [7, 11) is 0. The first-order valence-corrected chi connectivity index (χ1v) is 10.3. The molecule has 0 spiro atoms. The van der Waals surface area contributed by atoms with Gasteiger partial charge >= 0.3 is 5.97 Å². The van der Waals surface area contributed by atoms with Crippen molar-refractivity contribution in [1.82, 2.24) is 10.6 Å². The van der Waals surface area contributed by atoms with Crippen molar-refractivity contribution in [3.8, 4) is 6.07 Å². The largest absolute Gasteiger partial charge is 0.463 e. The highest BCUT2D eigenvalue weighted by atomic mass is 35.5. The van der Waals surface area contributed by atoms with Gasteiger partial charge in [-0.05, 0) is 31.5 Å². The van der Waals surface area contributed by atoms with Gasteiger partial charge in [-0.15, -0.1) is 0 Å². The highest BCUT2D eigenvalue weighted by molar-refractivity contribution is 7.99. The number of nitrogens with one attached hydrogen (secondary N) is 2. The maximum Gasteiger partial charge on any atom is 0.336 e. The van der Waals surface area contributed by atoms with Gasteiger partial charge in [0, 0.05) is 34.5 Å². The highest BCUT2D eigenvalue weighted by Crippen LogP contribution is 2.39. The van der Waals surface area contributed by atoms with Crippen LogP contribution < -0.4 is 10.6 Å². The molecule has 2 N–H and O–H groups in total. The number of esters is 1. The third kappa shape index (κ3) is 5.31. The third-order valence-corrected chi connectivity index (χ3v) is 5.38. The van der Waals surface area contributed by atoms with E-state index in [9.17, 15) is 14.9 Å². The Morgan fingerprint density at radius 3 is 2.93 bits per heavy atom. The number of rotatable bonds is 9. The van der Waals surface area contributed by atoms with Crippen LogP contribution in [0.15, 0.2) is 46.8 Å². The highest BCUT2D eigenvalue weighted by Gasteiger charge is 2.35. The number of carbonyl (C=O) groups excluding carboxylic acids is 2. The van der Waals surface area contributed by atoms with Crippen LogP contribution in [0.3, 0.4) is 0 Å². The van der Waals surface area contributed by atoms with E-state index in [0.29, 0.717) is 52.0 Å². The van der Waals surface area contributed by atoms with E-state index in [1.807, 2.05) is 13.0 Å².